The second kappa shape index (κ2) is 5.04. The third-order valence-electron chi connectivity index (χ3n) is 2.84. The number of hydrazone groups is 1. The topological polar surface area (TPSA) is 31.4 Å². The van der Waals surface area contributed by atoms with Crippen LogP contribution in [0, 0.1) is 0 Å². The summed E-state index contributed by atoms with van der Waals surface area (Å²) in [6, 6.07) is 10.5. The van der Waals surface area contributed by atoms with Crippen LogP contribution in [0.1, 0.15) is 26.0 Å². The number of aromatic amines is 1. The van der Waals surface area contributed by atoms with Crippen LogP contribution in [0.3, 0.4) is 0 Å². The Morgan fingerprint density at radius 3 is 2.82 bits per heavy atom. The van der Waals surface area contributed by atoms with Gasteiger partial charge in [-0.25, -0.2) is 0 Å². The van der Waals surface area contributed by atoms with Gasteiger partial charge in [0, 0.05) is 24.0 Å². The number of aromatic nitrogens is 1. The van der Waals surface area contributed by atoms with Crippen LogP contribution >= 0.6 is 0 Å². The molecule has 2 rings (SSSR count). The molecule has 0 unspecified atom stereocenters. The molecule has 0 spiro atoms. The molecule has 90 valence electrons. The first kappa shape index (κ1) is 11.7. The second-order valence-corrected chi connectivity index (χ2v) is 4.39. The fourth-order valence-corrected chi connectivity index (χ4v) is 1.86. The number of nitrogens with one attached hydrogen (secondary N) is 1. The highest BCUT2D eigenvalue weighted by molar-refractivity contribution is 5.81. The zero-order valence-corrected chi connectivity index (χ0v) is 10.7. The van der Waals surface area contributed by atoms with E-state index in [0.717, 1.165) is 18.7 Å². The molecule has 3 nitrogen and oxygen atoms in total. The molecule has 1 aromatic carbocycles. The van der Waals surface area contributed by atoms with Crippen LogP contribution in [-0.4, -0.2) is 22.8 Å². The quantitative estimate of drug-likeness (QED) is 0.632. The van der Waals surface area contributed by atoms with E-state index in [1.54, 1.807) is 0 Å². The first-order chi connectivity index (χ1) is 8.19. The van der Waals surface area contributed by atoms with Gasteiger partial charge in [-0.3, -0.25) is 5.01 Å². The molecular weight excluding hydrogens is 210 g/mol. The monoisotopic (exact) mass is 229 g/mol. The zero-order valence-electron chi connectivity index (χ0n) is 10.7. The van der Waals surface area contributed by atoms with Crippen LogP contribution in [0.2, 0.25) is 0 Å². The molecule has 0 bridgehead atoms. The Hall–Kier alpha value is -1.77. The number of fused-ring (bicyclic) bond motifs is 1. The average Bonchev–Trinajstić information content (AvgIpc) is 2.70. The van der Waals surface area contributed by atoms with Gasteiger partial charge in [0.05, 0.1) is 6.54 Å². The Morgan fingerprint density at radius 2 is 2.12 bits per heavy atom. The van der Waals surface area contributed by atoms with Crippen LogP contribution in [0.5, 0.6) is 0 Å². The van der Waals surface area contributed by atoms with E-state index < -0.39 is 0 Å². The van der Waals surface area contributed by atoms with E-state index in [1.807, 2.05) is 18.1 Å². The van der Waals surface area contributed by atoms with Crippen molar-refractivity contribution in [2.75, 3.05) is 7.05 Å². The van der Waals surface area contributed by atoms with Gasteiger partial charge in [-0.2, -0.15) is 5.10 Å². The summed E-state index contributed by atoms with van der Waals surface area (Å²) >= 11 is 0. The molecule has 3 heteroatoms. The number of para-hydroxylation sites is 1. The maximum absolute atomic E-state index is 4.49. The lowest BCUT2D eigenvalue weighted by Crippen LogP contribution is -2.12. The predicted molar refractivity (Wildman–Crippen MR) is 73.2 cm³/mol. The lowest BCUT2D eigenvalue weighted by Gasteiger charge is -2.12. The molecule has 0 amide bonds. The summed E-state index contributed by atoms with van der Waals surface area (Å²) in [5.74, 6) is 0. The normalized spacial score (nSPS) is 12.1. The van der Waals surface area contributed by atoms with Gasteiger partial charge in [0.2, 0.25) is 0 Å². The highest BCUT2D eigenvalue weighted by Crippen LogP contribution is 2.15. The molecule has 1 heterocycles. The molecular formula is C14H19N3. The number of benzene rings is 1. The maximum atomic E-state index is 4.49. The van der Waals surface area contributed by atoms with Crippen LogP contribution in [0.15, 0.2) is 35.4 Å². The molecule has 0 aliphatic carbocycles. The summed E-state index contributed by atoms with van der Waals surface area (Å²) in [7, 11) is 2.00. The van der Waals surface area contributed by atoms with Gasteiger partial charge in [0.15, 0.2) is 0 Å². The molecule has 1 N–H and O–H groups in total. The first-order valence-corrected chi connectivity index (χ1v) is 6.01. The standard InChI is InChI=1S/C14H19N3/c1-4-11(2)16-17(3)10-13-9-12-7-5-6-8-14(12)15-13/h5-9,15H,4,10H2,1-3H3/b16-11-. The predicted octanol–water partition coefficient (Wildman–Crippen LogP) is 3.39. The van der Waals surface area contributed by atoms with Crippen molar-refractivity contribution in [3.05, 3.63) is 36.0 Å². The lowest BCUT2D eigenvalue weighted by atomic mass is 10.2. The minimum atomic E-state index is 0.812. The molecule has 0 aliphatic heterocycles. The summed E-state index contributed by atoms with van der Waals surface area (Å²) in [4.78, 5) is 3.41. The smallest absolute Gasteiger partial charge is 0.0757 e. The van der Waals surface area contributed by atoms with Crippen LogP contribution in [-0.2, 0) is 6.54 Å². The summed E-state index contributed by atoms with van der Waals surface area (Å²) in [6.45, 7) is 4.99. The molecule has 0 radical (unpaired) electrons. The highest BCUT2D eigenvalue weighted by Gasteiger charge is 2.02. The van der Waals surface area contributed by atoms with Crippen molar-refractivity contribution in [1.82, 2.24) is 9.99 Å². The van der Waals surface area contributed by atoms with E-state index in [1.165, 1.54) is 16.6 Å². The number of rotatable bonds is 4. The summed E-state index contributed by atoms with van der Waals surface area (Å²) in [5, 5.41) is 7.72. The third-order valence-corrected chi connectivity index (χ3v) is 2.84. The molecule has 1 aromatic heterocycles. The van der Waals surface area contributed by atoms with Crippen molar-refractivity contribution in [3.63, 3.8) is 0 Å². The van der Waals surface area contributed by atoms with Crippen LogP contribution < -0.4 is 0 Å². The van der Waals surface area contributed by atoms with Crippen molar-refractivity contribution in [1.29, 1.82) is 0 Å². The van der Waals surface area contributed by atoms with E-state index in [0.29, 0.717) is 0 Å². The summed E-state index contributed by atoms with van der Waals surface area (Å²) < 4.78 is 0. The maximum Gasteiger partial charge on any atom is 0.0757 e. The minimum Gasteiger partial charge on any atom is -0.357 e. The fraction of sp³-hybridized carbons (Fsp3) is 0.357. The summed E-state index contributed by atoms with van der Waals surface area (Å²) in [5.41, 5.74) is 3.54. The molecule has 0 saturated carbocycles. The van der Waals surface area contributed by atoms with E-state index >= 15 is 0 Å². The second-order valence-electron chi connectivity index (χ2n) is 4.39. The number of nitrogens with zero attached hydrogens (tertiary/aromatic N) is 2. The van der Waals surface area contributed by atoms with Gasteiger partial charge in [-0.15, -0.1) is 0 Å². The van der Waals surface area contributed by atoms with Crippen molar-refractivity contribution in [2.45, 2.75) is 26.8 Å². The molecule has 2 aromatic rings. The van der Waals surface area contributed by atoms with Crippen molar-refractivity contribution < 1.29 is 0 Å². The SMILES string of the molecule is CC/C(C)=N\N(C)Cc1cc2ccccc2[nH]1. The van der Waals surface area contributed by atoms with Gasteiger partial charge in [-0.05, 0) is 30.9 Å². The van der Waals surface area contributed by atoms with Crippen LogP contribution in [0.25, 0.3) is 10.9 Å². The Bertz CT molecular complexity index is 492. The van der Waals surface area contributed by atoms with Gasteiger partial charge in [0.1, 0.15) is 0 Å². The Morgan fingerprint density at radius 1 is 1.35 bits per heavy atom. The highest BCUT2D eigenvalue weighted by atomic mass is 15.4. The van der Waals surface area contributed by atoms with E-state index in [9.17, 15) is 0 Å². The number of hydrogen-bond acceptors (Lipinski definition) is 2. The Kier molecular flexibility index (Phi) is 3.47. The Balaban J connectivity index is 2.13. The molecule has 0 fully saturated rings. The van der Waals surface area contributed by atoms with Crippen molar-refractivity contribution in [3.8, 4) is 0 Å². The molecule has 0 saturated heterocycles. The summed E-state index contributed by atoms with van der Waals surface area (Å²) in [6.07, 6.45) is 0.997. The Labute approximate surface area is 102 Å². The average molecular weight is 229 g/mol. The van der Waals surface area contributed by atoms with E-state index in [-0.39, 0.29) is 0 Å². The molecule has 0 aliphatic rings. The van der Waals surface area contributed by atoms with Gasteiger partial charge in [0.25, 0.3) is 0 Å². The number of H-pyrrole nitrogens is 1. The molecule has 0 atom stereocenters. The van der Waals surface area contributed by atoms with Crippen LogP contribution in [0.4, 0.5) is 0 Å². The fourth-order valence-electron chi connectivity index (χ4n) is 1.86. The largest absolute Gasteiger partial charge is 0.357 e. The van der Waals surface area contributed by atoms with E-state index in [2.05, 4.69) is 48.2 Å². The first-order valence-electron chi connectivity index (χ1n) is 6.01. The van der Waals surface area contributed by atoms with Gasteiger partial charge < -0.3 is 4.98 Å². The minimum absolute atomic E-state index is 0.812. The third kappa shape index (κ3) is 2.87. The van der Waals surface area contributed by atoms with Crippen molar-refractivity contribution >= 4 is 16.6 Å². The van der Waals surface area contributed by atoms with E-state index in [4.69, 9.17) is 0 Å². The van der Waals surface area contributed by atoms with Gasteiger partial charge >= 0.3 is 0 Å². The van der Waals surface area contributed by atoms with Crippen molar-refractivity contribution in [2.24, 2.45) is 5.10 Å². The molecule has 17 heavy (non-hydrogen) atoms. The zero-order chi connectivity index (χ0) is 12.3. The van der Waals surface area contributed by atoms with Gasteiger partial charge in [-0.1, -0.05) is 25.1 Å². The number of hydrogen-bond donors (Lipinski definition) is 1. The lowest BCUT2D eigenvalue weighted by molar-refractivity contribution is 0.342.